The van der Waals surface area contributed by atoms with E-state index in [-0.39, 0.29) is 6.04 Å². The molecule has 0 aliphatic rings. The summed E-state index contributed by atoms with van der Waals surface area (Å²) in [5.41, 5.74) is -0.341. The maximum absolute atomic E-state index is 12.7. The summed E-state index contributed by atoms with van der Waals surface area (Å²) in [5.74, 6) is 0.776. The SMILES string of the molecule is CCC(Nc1nc2cc(C(F)(F)F)ccc2s1)c1ncc[nH]1. The van der Waals surface area contributed by atoms with Gasteiger partial charge in [0, 0.05) is 12.4 Å². The molecule has 2 N–H and O–H groups in total. The first-order chi connectivity index (χ1) is 10.5. The molecule has 1 unspecified atom stereocenters. The van der Waals surface area contributed by atoms with Gasteiger partial charge in [-0.15, -0.1) is 0 Å². The normalized spacial score (nSPS) is 13.5. The number of alkyl halides is 3. The Morgan fingerprint density at radius 3 is 2.82 bits per heavy atom. The number of aromatic amines is 1. The Bertz CT molecular complexity index is 764. The number of H-pyrrole nitrogens is 1. The van der Waals surface area contributed by atoms with E-state index in [0.29, 0.717) is 15.3 Å². The second-order valence-corrected chi connectivity index (χ2v) is 5.81. The summed E-state index contributed by atoms with van der Waals surface area (Å²) in [7, 11) is 0. The summed E-state index contributed by atoms with van der Waals surface area (Å²) in [4.78, 5) is 11.5. The van der Waals surface area contributed by atoms with Gasteiger partial charge in [0.05, 0.1) is 21.8 Å². The van der Waals surface area contributed by atoms with Crippen molar-refractivity contribution in [2.45, 2.75) is 25.6 Å². The third kappa shape index (κ3) is 2.92. The fraction of sp³-hybridized carbons (Fsp3) is 0.286. The first kappa shape index (κ1) is 14.8. The molecule has 2 heterocycles. The minimum absolute atomic E-state index is 0.0577. The number of anilines is 1. The lowest BCUT2D eigenvalue weighted by molar-refractivity contribution is -0.137. The van der Waals surface area contributed by atoms with Crippen molar-refractivity contribution in [1.29, 1.82) is 0 Å². The van der Waals surface area contributed by atoms with Gasteiger partial charge in [-0.05, 0) is 24.6 Å². The molecule has 2 aromatic heterocycles. The number of nitrogens with zero attached hydrogens (tertiary/aromatic N) is 2. The molecule has 1 atom stereocenters. The highest BCUT2D eigenvalue weighted by Crippen LogP contribution is 2.34. The van der Waals surface area contributed by atoms with Crippen LogP contribution >= 0.6 is 11.3 Å². The molecule has 3 aromatic rings. The fourth-order valence-electron chi connectivity index (χ4n) is 2.15. The molecule has 0 bridgehead atoms. The molecule has 4 nitrogen and oxygen atoms in total. The Morgan fingerprint density at radius 1 is 1.36 bits per heavy atom. The highest BCUT2D eigenvalue weighted by molar-refractivity contribution is 7.22. The molecule has 1 aromatic carbocycles. The number of nitrogens with one attached hydrogen (secondary N) is 2. The molecule has 0 fully saturated rings. The van der Waals surface area contributed by atoms with Crippen LogP contribution in [0.25, 0.3) is 10.2 Å². The molecule has 8 heteroatoms. The zero-order valence-electron chi connectivity index (χ0n) is 11.6. The number of aromatic nitrogens is 3. The Morgan fingerprint density at radius 2 is 2.18 bits per heavy atom. The number of rotatable bonds is 4. The molecular weight excluding hydrogens is 313 g/mol. The van der Waals surface area contributed by atoms with Crippen molar-refractivity contribution >= 4 is 26.7 Å². The van der Waals surface area contributed by atoms with E-state index in [1.54, 1.807) is 12.4 Å². The zero-order valence-corrected chi connectivity index (χ0v) is 12.4. The Labute approximate surface area is 128 Å². The van der Waals surface area contributed by atoms with Crippen molar-refractivity contribution in [2.75, 3.05) is 5.32 Å². The van der Waals surface area contributed by atoms with Gasteiger partial charge in [-0.25, -0.2) is 9.97 Å². The van der Waals surface area contributed by atoms with Crippen molar-refractivity contribution < 1.29 is 13.2 Å². The van der Waals surface area contributed by atoms with E-state index in [9.17, 15) is 13.2 Å². The van der Waals surface area contributed by atoms with Gasteiger partial charge in [-0.2, -0.15) is 13.2 Å². The smallest absolute Gasteiger partial charge is 0.352 e. The second kappa shape index (κ2) is 5.60. The molecule has 0 amide bonds. The highest BCUT2D eigenvalue weighted by atomic mass is 32.1. The average Bonchev–Trinajstić information content (AvgIpc) is 3.11. The quantitative estimate of drug-likeness (QED) is 0.736. The van der Waals surface area contributed by atoms with Crippen LogP contribution in [0.3, 0.4) is 0 Å². The third-order valence-electron chi connectivity index (χ3n) is 3.27. The predicted molar refractivity (Wildman–Crippen MR) is 79.9 cm³/mol. The van der Waals surface area contributed by atoms with Gasteiger partial charge in [0.2, 0.25) is 0 Å². The molecular formula is C14H13F3N4S. The first-order valence-electron chi connectivity index (χ1n) is 6.71. The topological polar surface area (TPSA) is 53.6 Å². The molecule has 0 radical (unpaired) electrons. The monoisotopic (exact) mass is 326 g/mol. The lowest BCUT2D eigenvalue weighted by atomic mass is 10.2. The van der Waals surface area contributed by atoms with Gasteiger partial charge in [0.15, 0.2) is 5.13 Å². The molecule has 0 saturated heterocycles. The number of fused-ring (bicyclic) bond motifs is 1. The molecule has 0 aliphatic heterocycles. The van der Waals surface area contributed by atoms with Crippen LogP contribution in [0.4, 0.5) is 18.3 Å². The van der Waals surface area contributed by atoms with Crippen molar-refractivity contribution in [3.8, 4) is 0 Å². The van der Waals surface area contributed by atoms with Gasteiger partial charge >= 0.3 is 6.18 Å². The van der Waals surface area contributed by atoms with E-state index in [2.05, 4.69) is 20.3 Å². The summed E-state index contributed by atoms with van der Waals surface area (Å²) in [5, 5.41) is 3.79. The van der Waals surface area contributed by atoms with Crippen LogP contribution in [-0.4, -0.2) is 15.0 Å². The maximum Gasteiger partial charge on any atom is 0.416 e. The van der Waals surface area contributed by atoms with Crippen LogP contribution in [0.15, 0.2) is 30.6 Å². The highest BCUT2D eigenvalue weighted by Gasteiger charge is 2.30. The third-order valence-corrected chi connectivity index (χ3v) is 4.24. The molecule has 0 saturated carbocycles. The predicted octanol–water partition coefficient (Wildman–Crippen LogP) is 4.60. The summed E-state index contributed by atoms with van der Waals surface area (Å²) in [6, 6.07) is 3.55. The van der Waals surface area contributed by atoms with E-state index in [1.165, 1.54) is 17.4 Å². The van der Waals surface area contributed by atoms with Gasteiger partial charge in [0.25, 0.3) is 0 Å². The van der Waals surface area contributed by atoms with Gasteiger partial charge in [-0.1, -0.05) is 18.3 Å². The molecule has 22 heavy (non-hydrogen) atoms. The van der Waals surface area contributed by atoms with Crippen LogP contribution in [0.2, 0.25) is 0 Å². The summed E-state index contributed by atoms with van der Waals surface area (Å²) >= 11 is 1.33. The molecule has 116 valence electrons. The van der Waals surface area contributed by atoms with E-state index in [0.717, 1.165) is 24.4 Å². The summed E-state index contributed by atoms with van der Waals surface area (Å²) in [6.45, 7) is 2.00. The van der Waals surface area contributed by atoms with E-state index in [4.69, 9.17) is 0 Å². The average molecular weight is 326 g/mol. The first-order valence-corrected chi connectivity index (χ1v) is 7.52. The lowest BCUT2D eigenvalue weighted by Crippen LogP contribution is -2.11. The van der Waals surface area contributed by atoms with Crippen molar-refractivity contribution in [3.63, 3.8) is 0 Å². The molecule has 3 rings (SSSR count). The Hall–Kier alpha value is -2.09. The minimum atomic E-state index is -4.36. The van der Waals surface area contributed by atoms with Crippen molar-refractivity contribution in [2.24, 2.45) is 0 Å². The summed E-state index contributed by atoms with van der Waals surface area (Å²) < 4.78 is 38.9. The zero-order chi connectivity index (χ0) is 15.7. The Kier molecular flexibility index (Phi) is 3.78. The summed E-state index contributed by atoms with van der Waals surface area (Å²) in [6.07, 6.45) is -0.190. The largest absolute Gasteiger partial charge is 0.416 e. The minimum Gasteiger partial charge on any atom is -0.352 e. The number of benzene rings is 1. The number of imidazole rings is 1. The van der Waals surface area contributed by atoms with Crippen LogP contribution in [0.1, 0.15) is 30.8 Å². The van der Waals surface area contributed by atoms with E-state index >= 15 is 0 Å². The standard InChI is InChI=1S/C14H13F3N4S/c1-2-9(12-18-5-6-19-12)20-13-21-10-7-8(14(15,16)17)3-4-11(10)22-13/h3-7,9H,2H2,1H3,(H,18,19)(H,20,21). The number of hydrogen-bond donors (Lipinski definition) is 2. The van der Waals surface area contributed by atoms with Crippen LogP contribution < -0.4 is 5.32 Å². The van der Waals surface area contributed by atoms with Crippen LogP contribution in [0, 0.1) is 0 Å². The van der Waals surface area contributed by atoms with Gasteiger partial charge in [-0.3, -0.25) is 0 Å². The van der Waals surface area contributed by atoms with Crippen LogP contribution in [0.5, 0.6) is 0 Å². The van der Waals surface area contributed by atoms with Crippen molar-refractivity contribution in [3.05, 3.63) is 42.0 Å². The van der Waals surface area contributed by atoms with Gasteiger partial charge < -0.3 is 10.3 Å². The van der Waals surface area contributed by atoms with Crippen molar-refractivity contribution in [1.82, 2.24) is 15.0 Å². The fourth-order valence-corrected chi connectivity index (χ4v) is 3.05. The number of halogens is 3. The van der Waals surface area contributed by atoms with Gasteiger partial charge in [0.1, 0.15) is 5.82 Å². The Balaban J connectivity index is 1.88. The maximum atomic E-state index is 12.7. The van der Waals surface area contributed by atoms with Crippen LogP contribution in [-0.2, 0) is 6.18 Å². The van der Waals surface area contributed by atoms with E-state index in [1.807, 2.05) is 6.92 Å². The lowest BCUT2D eigenvalue weighted by Gasteiger charge is -2.13. The van der Waals surface area contributed by atoms with E-state index < -0.39 is 11.7 Å². The molecule has 0 spiro atoms. The number of hydrogen-bond acceptors (Lipinski definition) is 4. The second-order valence-electron chi connectivity index (χ2n) is 4.78. The molecule has 0 aliphatic carbocycles. The number of thiazole rings is 1.